The van der Waals surface area contributed by atoms with Crippen LogP contribution >= 0.6 is 11.6 Å². The lowest BCUT2D eigenvalue weighted by atomic mass is 9.91. The van der Waals surface area contributed by atoms with Gasteiger partial charge in [-0.25, -0.2) is 9.59 Å². The van der Waals surface area contributed by atoms with Gasteiger partial charge in [0.05, 0.1) is 5.88 Å². The van der Waals surface area contributed by atoms with Gasteiger partial charge in [-0.3, -0.25) is 0 Å². The first-order chi connectivity index (χ1) is 8.02. The maximum atomic E-state index is 11.7. The molecule has 0 aliphatic heterocycles. The molecule has 6 heteroatoms. The number of aliphatic carboxylic acids is 1. The summed E-state index contributed by atoms with van der Waals surface area (Å²) in [5.41, 5.74) is -2.17. The number of carboxylic acids is 1. The van der Waals surface area contributed by atoms with E-state index in [0.29, 0.717) is 0 Å². The van der Waals surface area contributed by atoms with E-state index in [0.717, 1.165) is 0 Å². The molecule has 0 saturated heterocycles. The average Bonchev–Trinajstić information content (AvgIpc) is 2.12. The van der Waals surface area contributed by atoms with Crippen LogP contribution in [0.5, 0.6) is 0 Å². The quantitative estimate of drug-likeness (QED) is 0.759. The number of rotatable bonds is 5. The van der Waals surface area contributed by atoms with Gasteiger partial charge in [0.15, 0.2) is 5.54 Å². The van der Waals surface area contributed by atoms with Gasteiger partial charge in [0.1, 0.15) is 5.60 Å². The predicted molar refractivity (Wildman–Crippen MR) is 69.9 cm³/mol. The van der Waals surface area contributed by atoms with Gasteiger partial charge in [0.25, 0.3) is 0 Å². The van der Waals surface area contributed by atoms with Gasteiger partial charge in [-0.05, 0) is 33.1 Å². The molecule has 0 bridgehead atoms. The normalized spacial score (nSPS) is 15.1. The highest BCUT2D eigenvalue weighted by Crippen LogP contribution is 2.20. The third kappa shape index (κ3) is 5.58. The zero-order valence-corrected chi connectivity index (χ0v) is 12.3. The highest BCUT2D eigenvalue weighted by Gasteiger charge is 2.41. The molecular formula is C12H22ClNO4. The van der Waals surface area contributed by atoms with Crippen molar-refractivity contribution in [2.24, 2.45) is 5.92 Å². The standard InChI is InChI=1S/C12H22ClNO4/c1-8(2)6-12(7-13,9(15)16)14-10(17)18-11(3,4)5/h8H,6-7H2,1-5H3,(H,14,17)(H,15,16)/t12-/m0/s1. The minimum atomic E-state index is -1.49. The number of alkyl carbamates (subject to hydrolysis) is 1. The van der Waals surface area contributed by atoms with Gasteiger partial charge in [-0.1, -0.05) is 13.8 Å². The SMILES string of the molecule is CC(C)C[C@@](CCl)(NC(=O)OC(C)(C)C)C(=O)O. The van der Waals surface area contributed by atoms with Crippen LogP contribution in [0.1, 0.15) is 41.0 Å². The van der Waals surface area contributed by atoms with Crippen molar-refractivity contribution in [2.75, 3.05) is 5.88 Å². The summed E-state index contributed by atoms with van der Waals surface area (Å²) < 4.78 is 5.05. The molecule has 0 aromatic heterocycles. The summed E-state index contributed by atoms with van der Waals surface area (Å²) in [7, 11) is 0. The zero-order chi connectivity index (χ0) is 14.6. The molecule has 0 spiro atoms. The summed E-state index contributed by atoms with van der Waals surface area (Å²) in [5, 5.41) is 11.6. The lowest BCUT2D eigenvalue weighted by Gasteiger charge is -2.31. The second-order valence-electron chi connectivity index (χ2n) is 5.75. The fourth-order valence-electron chi connectivity index (χ4n) is 1.53. The van der Waals surface area contributed by atoms with E-state index in [1.807, 2.05) is 13.8 Å². The molecule has 0 aliphatic carbocycles. The number of amides is 1. The Labute approximate surface area is 113 Å². The Morgan fingerprint density at radius 2 is 1.83 bits per heavy atom. The van der Waals surface area contributed by atoms with E-state index in [1.54, 1.807) is 20.8 Å². The number of halogens is 1. The predicted octanol–water partition coefficient (Wildman–Crippen LogP) is 2.62. The number of ether oxygens (including phenoxy) is 1. The van der Waals surface area contributed by atoms with E-state index >= 15 is 0 Å². The van der Waals surface area contributed by atoms with Crippen molar-refractivity contribution < 1.29 is 19.4 Å². The molecule has 1 amide bonds. The maximum absolute atomic E-state index is 11.7. The minimum absolute atomic E-state index is 0.0785. The first-order valence-corrected chi connectivity index (χ1v) is 6.36. The Morgan fingerprint density at radius 3 is 2.11 bits per heavy atom. The third-order valence-corrected chi connectivity index (χ3v) is 2.59. The van der Waals surface area contributed by atoms with Crippen LogP contribution in [0.3, 0.4) is 0 Å². The van der Waals surface area contributed by atoms with Crippen LogP contribution < -0.4 is 5.32 Å². The summed E-state index contributed by atoms with van der Waals surface area (Å²) in [5.74, 6) is -1.29. The molecule has 0 fully saturated rings. The van der Waals surface area contributed by atoms with Crippen molar-refractivity contribution in [1.82, 2.24) is 5.32 Å². The van der Waals surface area contributed by atoms with Crippen molar-refractivity contribution in [1.29, 1.82) is 0 Å². The highest BCUT2D eigenvalue weighted by atomic mass is 35.5. The first kappa shape index (κ1) is 17.0. The smallest absolute Gasteiger partial charge is 0.408 e. The van der Waals surface area contributed by atoms with E-state index < -0.39 is 23.2 Å². The molecule has 5 nitrogen and oxygen atoms in total. The number of carbonyl (C=O) groups is 2. The topological polar surface area (TPSA) is 75.6 Å². The third-order valence-electron chi connectivity index (χ3n) is 2.13. The van der Waals surface area contributed by atoms with Gasteiger partial charge in [0, 0.05) is 0 Å². The maximum Gasteiger partial charge on any atom is 0.408 e. The Morgan fingerprint density at radius 1 is 1.33 bits per heavy atom. The highest BCUT2D eigenvalue weighted by molar-refractivity contribution is 6.20. The van der Waals surface area contributed by atoms with Gasteiger partial charge in [0.2, 0.25) is 0 Å². The molecule has 0 aromatic rings. The molecule has 0 saturated carbocycles. The van der Waals surface area contributed by atoms with Gasteiger partial charge >= 0.3 is 12.1 Å². The Kier molecular flexibility index (Phi) is 5.93. The van der Waals surface area contributed by atoms with Crippen molar-refractivity contribution >= 4 is 23.7 Å². The van der Waals surface area contributed by atoms with Gasteiger partial charge in [-0.2, -0.15) is 0 Å². The zero-order valence-electron chi connectivity index (χ0n) is 11.5. The number of nitrogens with one attached hydrogen (secondary N) is 1. The van der Waals surface area contributed by atoms with Crippen molar-refractivity contribution in [2.45, 2.75) is 52.2 Å². The van der Waals surface area contributed by atoms with E-state index in [1.165, 1.54) is 0 Å². The van der Waals surface area contributed by atoms with Crippen molar-refractivity contribution in [3.8, 4) is 0 Å². The summed E-state index contributed by atoms with van der Waals surface area (Å²) in [6, 6.07) is 0. The van der Waals surface area contributed by atoms with E-state index in [4.69, 9.17) is 16.3 Å². The Hall–Kier alpha value is -0.970. The summed E-state index contributed by atoms with van der Waals surface area (Å²) >= 11 is 5.73. The average molecular weight is 280 g/mol. The van der Waals surface area contributed by atoms with Crippen LogP contribution in [0.4, 0.5) is 4.79 Å². The minimum Gasteiger partial charge on any atom is -0.479 e. The van der Waals surface area contributed by atoms with E-state index in [9.17, 15) is 14.7 Å². The van der Waals surface area contributed by atoms with Crippen molar-refractivity contribution in [3.63, 3.8) is 0 Å². The second-order valence-corrected chi connectivity index (χ2v) is 6.01. The molecule has 1 atom stereocenters. The second kappa shape index (κ2) is 6.27. The molecule has 0 radical (unpaired) electrons. The molecule has 106 valence electrons. The molecule has 0 rings (SSSR count). The summed E-state index contributed by atoms with van der Waals surface area (Å²) in [6.45, 7) is 8.84. The van der Waals surface area contributed by atoms with Crippen LogP contribution in [-0.4, -0.2) is 34.2 Å². The van der Waals surface area contributed by atoms with Crippen LogP contribution in [0, 0.1) is 5.92 Å². The summed E-state index contributed by atoms with van der Waals surface area (Å²) in [6.07, 6.45) is -0.531. The van der Waals surface area contributed by atoms with Crippen LogP contribution in [0.25, 0.3) is 0 Å². The molecule has 0 unspecified atom stereocenters. The van der Waals surface area contributed by atoms with Crippen LogP contribution in [0.2, 0.25) is 0 Å². The van der Waals surface area contributed by atoms with Crippen LogP contribution in [-0.2, 0) is 9.53 Å². The van der Waals surface area contributed by atoms with Gasteiger partial charge in [-0.15, -0.1) is 11.6 Å². The lowest BCUT2D eigenvalue weighted by Crippen LogP contribution is -2.57. The molecule has 0 heterocycles. The fourth-order valence-corrected chi connectivity index (χ4v) is 1.82. The Bertz CT molecular complexity index is 312. The monoisotopic (exact) mass is 279 g/mol. The van der Waals surface area contributed by atoms with Gasteiger partial charge < -0.3 is 15.2 Å². The van der Waals surface area contributed by atoms with Crippen LogP contribution in [0.15, 0.2) is 0 Å². The molecule has 0 aromatic carbocycles. The number of hydrogen-bond donors (Lipinski definition) is 2. The number of alkyl halides is 1. The molecule has 2 N–H and O–H groups in total. The molecular weight excluding hydrogens is 258 g/mol. The number of hydrogen-bond acceptors (Lipinski definition) is 3. The number of carboxylic acid groups (broad SMARTS) is 1. The van der Waals surface area contributed by atoms with E-state index in [2.05, 4.69) is 5.32 Å². The lowest BCUT2D eigenvalue weighted by molar-refractivity contribution is -0.144. The van der Waals surface area contributed by atoms with Crippen molar-refractivity contribution in [3.05, 3.63) is 0 Å². The van der Waals surface area contributed by atoms with E-state index in [-0.39, 0.29) is 18.2 Å². The fraction of sp³-hybridized carbons (Fsp3) is 0.833. The summed E-state index contributed by atoms with van der Waals surface area (Å²) in [4.78, 5) is 23.0. The molecule has 18 heavy (non-hydrogen) atoms. The molecule has 0 aliphatic rings. The first-order valence-electron chi connectivity index (χ1n) is 5.83. The number of carbonyl (C=O) groups excluding carboxylic acids is 1. The Balaban J connectivity index is 4.90. The largest absolute Gasteiger partial charge is 0.479 e.